The van der Waals surface area contributed by atoms with Crippen LogP contribution in [0.4, 0.5) is 5.69 Å². The van der Waals surface area contributed by atoms with E-state index in [1.807, 2.05) is 48.2 Å². The zero-order valence-electron chi connectivity index (χ0n) is 13.1. The third kappa shape index (κ3) is 3.82. The van der Waals surface area contributed by atoms with Crippen LogP contribution in [0.5, 0.6) is 0 Å². The van der Waals surface area contributed by atoms with E-state index in [2.05, 4.69) is 10.6 Å². The molecule has 0 aliphatic carbocycles. The second-order valence-electron chi connectivity index (χ2n) is 5.24. The summed E-state index contributed by atoms with van der Waals surface area (Å²) in [5, 5.41) is 6.59. The topological polar surface area (TPSA) is 63.1 Å². The summed E-state index contributed by atoms with van der Waals surface area (Å²) in [7, 11) is 1.62. The third-order valence-electron chi connectivity index (χ3n) is 3.50. The van der Waals surface area contributed by atoms with Crippen LogP contribution in [0, 0.1) is 5.92 Å². The molecule has 2 N–H and O–H groups in total. The van der Waals surface area contributed by atoms with Crippen molar-refractivity contribution in [3.05, 3.63) is 30.5 Å². The van der Waals surface area contributed by atoms with Gasteiger partial charge in [-0.2, -0.15) is 11.8 Å². The molecule has 6 heteroatoms. The van der Waals surface area contributed by atoms with Crippen molar-refractivity contribution in [2.45, 2.75) is 13.5 Å². The Bertz CT molecular complexity index is 681. The van der Waals surface area contributed by atoms with Crippen molar-refractivity contribution in [3.8, 4) is 0 Å². The van der Waals surface area contributed by atoms with Crippen LogP contribution in [0.15, 0.2) is 30.5 Å². The zero-order valence-corrected chi connectivity index (χ0v) is 13.9. The number of nitrogens with zero attached hydrogens (tertiary/aromatic N) is 1. The molecule has 5 nitrogen and oxygen atoms in total. The number of likely N-dealkylation sites (N-methyl/N-ethyl adjacent to an activating group) is 1. The van der Waals surface area contributed by atoms with Crippen molar-refractivity contribution in [2.24, 2.45) is 5.92 Å². The van der Waals surface area contributed by atoms with Gasteiger partial charge in [-0.25, -0.2) is 0 Å². The summed E-state index contributed by atoms with van der Waals surface area (Å²) in [5.41, 5.74) is 1.68. The molecule has 1 heterocycles. The Morgan fingerprint density at radius 3 is 2.77 bits per heavy atom. The first-order valence-corrected chi connectivity index (χ1v) is 8.53. The van der Waals surface area contributed by atoms with E-state index in [1.54, 1.807) is 18.8 Å². The van der Waals surface area contributed by atoms with E-state index in [1.165, 1.54) is 0 Å². The van der Waals surface area contributed by atoms with Gasteiger partial charge in [0.15, 0.2) is 0 Å². The van der Waals surface area contributed by atoms with Crippen LogP contribution in [0.1, 0.15) is 6.92 Å². The van der Waals surface area contributed by atoms with Gasteiger partial charge in [0.2, 0.25) is 11.8 Å². The Balaban J connectivity index is 2.20. The van der Waals surface area contributed by atoms with Gasteiger partial charge in [-0.15, -0.1) is 0 Å². The molecule has 0 bridgehead atoms. The van der Waals surface area contributed by atoms with E-state index < -0.39 is 0 Å². The summed E-state index contributed by atoms with van der Waals surface area (Å²) in [6, 6.07) is 7.70. The maximum atomic E-state index is 12.1. The summed E-state index contributed by atoms with van der Waals surface area (Å²) in [4.78, 5) is 23.6. The minimum Gasteiger partial charge on any atom is -0.358 e. The molecule has 2 aromatic rings. The molecular formula is C16H21N3O2S. The van der Waals surface area contributed by atoms with Crippen molar-refractivity contribution in [3.63, 3.8) is 0 Å². The lowest BCUT2D eigenvalue weighted by atomic mass is 10.2. The van der Waals surface area contributed by atoms with Crippen LogP contribution < -0.4 is 10.6 Å². The van der Waals surface area contributed by atoms with Crippen LogP contribution in [0.3, 0.4) is 0 Å². The number of rotatable bonds is 6. The van der Waals surface area contributed by atoms with E-state index in [-0.39, 0.29) is 24.3 Å². The van der Waals surface area contributed by atoms with E-state index in [9.17, 15) is 9.59 Å². The highest BCUT2D eigenvalue weighted by Gasteiger charge is 2.13. The lowest BCUT2D eigenvalue weighted by molar-refractivity contribution is -0.121. The van der Waals surface area contributed by atoms with E-state index in [0.29, 0.717) is 0 Å². The standard InChI is InChI=1S/C16H21N3O2S/c1-11(10-22-3)16(21)18-13-5-4-12-6-7-19(14(12)8-13)9-15(20)17-2/h4-8,11H,9-10H2,1-3H3,(H,17,20)(H,18,21)/t11-/m1/s1. The van der Waals surface area contributed by atoms with Gasteiger partial charge in [-0.05, 0) is 29.8 Å². The van der Waals surface area contributed by atoms with Crippen molar-refractivity contribution in [1.82, 2.24) is 9.88 Å². The van der Waals surface area contributed by atoms with E-state index in [4.69, 9.17) is 0 Å². The molecule has 0 saturated carbocycles. The van der Waals surface area contributed by atoms with E-state index >= 15 is 0 Å². The van der Waals surface area contributed by atoms with Gasteiger partial charge >= 0.3 is 0 Å². The highest BCUT2D eigenvalue weighted by atomic mass is 32.2. The maximum absolute atomic E-state index is 12.1. The SMILES string of the molecule is CNC(=O)Cn1ccc2ccc(NC(=O)[C@H](C)CSC)cc21. The Morgan fingerprint density at radius 2 is 2.09 bits per heavy atom. The molecule has 0 aliphatic rings. The molecule has 0 saturated heterocycles. The number of hydrogen-bond donors (Lipinski definition) is 2. The second-order valence-corrected chi connectivity index (χ2v) is 6.15. The molecule has 1 aromatic carbocycles. The first-order valence-electron chi connectivity index (χ1n) is 7.14. The second kappa shape index (κ2) is 7.35. The Kier molecular flexibility index (Phi) is 5.49. The largest absolute Gasteiger partial charge is 0.358 e. The average molecular weight is 319 g/mol. The summed E-state index contributed by atoms with van der Waals surface area (Å²) >= 11 is 1.65. The molecule has 1 atom stereocenters. The number of fused-ring (bicyclic) bond motifs is 1. The fraction of sp³-hybridized carbons (Fsp3) is 0.375. The lowest BCUT2D eigenvalue weighted by Crippen LogP contribution is -2.23. The third-order valence-corrected chi connectivity index (χ3v) is 4.33. The van der Waals surface area contributed by atoms with Crippen molar-refractivity contribution in [2.75, 3.05) is 24.4 Å². The van der Waals surface area contributed by atoms with Gasteiger partial charge in [0, 0.05) is 30.6 Å². The fourth-order valence-corrected chi connectivity index (χ4v) is 2.88. The minimum absolute atomic E-state index is 0.0121. The molecule has 1 aromatic heterocycles. The number of anilines is 1. The van der Waals surface area contributed by atoms with Gasteiger partial charge in [0.1, 0.15) is 6.54 Å². The molecule has 0 unspecified atom stereocenters. The number of carbonyl (C=O) groups is 2. The van der Waals surface area contributed by atoms with Crippen molar-refractivity contribution < 1.29 is 9.59 Å². The zero-order chi connectivity index (χ0) is 16.1. The predicted molar refractivity (Wildman–Crippen MR) is 92.2 cm³/mol. The van der Waals surface area contributed by atoms with Crippen molar-refractivity contribution >= 4 is 40.2 Å². The molecule has 0 aliphatic heterocycles. The number of aromatic nitrogens is 1. The molecule has 2 rings (SSSR count). The number of amides is 2. The molecule has 0 spiro atoms. The summed E-state index contributed by atoms with van der Waals surface area (Å²) < 4.78 is 1.87. The normalized spacial score (nSPS) is 12.1. The number of nitrogens with one attached hydrogen (secondary N) is 2. The lowest BCUT2D eigenvalue weighted by Gasteiger charge is -2.11. The van der Waals surface area contributed by atoms with Crippen molar-refractivity contribution in [1.29, 1.82) is 0 Å². The molecule has 0 fully saturated rings. The fourth-order valence-electron chi connectivity index (χ4n) is 2.22. The first kappa shape index (κ1) is 16.4. The summed E-state index contributed by atoms with van der Waals surface area (Å²) in [5.74, 6) is 0.711. The molecule has 2 amide bonds. The van der Waals surface area contributed by atoms with Crippen LogP contribution in [-0.2, 0) is 16.1 Å². The average Bonchev–Trinajstić information content (AvgIpc) is 2.89. The number of hydrogen-bond acceptors (Lipinski definition) is 3. The van der Waals surface area contributed by atoms with Gasteiger partial charge in [-0.3, -0.25) is 9.59 Å². The monoisotopic (exact) mass is 319 g/mol. The Morgan fingerprint density at radius 1 is 1.32 bits per heavy atom. The molecule has 118 valence electrons. The summed E-state index contributed by atoms with van der Waals surface area (Å²) in [6.45, 7) is 2.18. The van der Waals surface area contributed by atoms with Gasteiger partial charge in [0.05, 0.1) is 5.52 Å². The number of benzene rings is 1. The number of carbonyl (C=O) groups excluding carboxylic acids is 2. The molecule has 22 heavy (non-hydrogen) atoms. The van der Waals surface area contributed by atoms with Crippen LogP contribution in [-0.4, -0.2) is 35.4 Å². The first-order chi connectivity index (χ1) is 10.5. The van der Waals surface area contributed by atoms with Gasteiger partial charge < -0.3 is 15.2 Å². The molecular weight excluding hydrogens is 298 g/mol. The highest BCUT2D eigenvalue weighted by Crippen LogP contribution is 2.21. The van der Waals surface area contributed by atoms with Crippen LogP contribution >= 0.6 is 11.8 Å². The predicted octanol–water partition coefficient (Wildman–Crippen LogP) is 2.32. The molecule has 0 radical (unpaired) electrons. The summed E-state index contributed by atoms with van der Waals surface area (Å²) in [6.07, 6.45) is 3.86. The minimum atomic E-state index is -0.0551. The smallest absolute Gasteiger partial charge is 0.239 e. The van der Waals surface area contributed by atoms with Crippen LogP contribution in [0.2, 0.25) is 0 Å². The maximum Gasteiger partial charge on any atom is 0.239 e. The van der Waals surface area contributed by atoms with Crippen LogP contribution in [0.25, 0.3) is 10.9 Å². The number of thioether (sulfide) groups is 1. The highest BCUT2D eigenvalue weighted by molar-refractivity contribution is 7.98. The Labute approximate surface area is 134 Å². The van der Waals surface area contributed by atoms with Gasteiger partial charge in [-0.1, -0.05) is 13.0 Å². The quantitative estimate of drug-likeness (QED) is 0.859. The van der Waals surface area contributed by atoms with Gasteiger partial charge in [0.25, 0.3) is 0 Å². The Hall–Kier alpha value is -1.95. The van der Waals surface area contributed by atoms with E-state index in [0.717, 1.165) is 22.3 Å².